The number of sulfone groups is 1. The van der Waals surface area contributed by atoms with E-state index in [0.29, 0.717) is 29.4 Å². The largest absolute Gasteiger partial charge is 0.357 e. The summed E-state index contributed by atoms with van der Waals surface area (Å²) in [5.74, 6) is 2.42. The number of aliphatic imine (C=N–C) groups is 1. The van der Waals surface area contributed by atoms with Crippen LogP contribution in [-0.4, -0.2) is 45.5 Å². The first-order chi connectivity index (χ1) is 11.3. The number of hydrogen-bond donors (Lipinski definition) is 2. The second-order valence-corrected chi connectivity index (χ2v) is 10.4. The quantitative estimate of drug-likeness (QED) is 0.330. The van der Waals surface area contributed by atoms with Crippen LogP contribution >= 0.6 is 24.0 Å². The Morgan fingerprint density at radius 1 is 1.24 bits per heavy atom. The van der Waals surface area contributed by atoms with E-state index in [1.807, 2.05) is 0 Å². The van der Waals surface area contributed by atoms with Crippen LogP contribution in [0.4, 0.5) is 0 Å². The summed E-state index contributed by atoms with van der Waals surface area (Å²) in [4.78, 5) is 4.86. The summed E-state index contributed by atoms with van der Waals surface area (Å²) in [5.41, 5.74) is 0.368. The van der Waals surface area contributed by atoms with Crippen molar-refractivity contribution in [2.24, 2.45) is 22.2 Å². The van der Waals surface area contributed by atoms with Crippen LogP contribution in [0.2, 0.25) is 0 Å². The monoisotopic (exact) mass is 485 g/mol. The van der Waals surface area contributed by atoms with E-state index >= 15 is 0 Å². The highest BCUT2D eigenvalue weighted by atomic mass is 127. The summed E-state index contributed by atoms with van der Waals surface area (Å²) in [6.07, 6.45) is 7.24. The minimum Gasteiger partial charge on any atom is -0.357 e. The molecule has 2 rings (SSSR count). The van der Waals surface area contributed by atoms with Crippen molar-refractivity contribution >= 4 is 39.8 Å². The van der Waals surface area contributed by atoms with E-state index in [-0.39, 0.29) is 29.9 Å². The maximum absolute atomic E-state index is 11.6. The van der Waals surface area contributed by atoms with Gasteiger partial charge in [-0.2, -0.15) is 0 Å². The van der Waals surface area contributed by atoms with Gasteiger partial charge in [0.2, 0.25) is 0 Å². The third-order valence-corrected chi connectivity index (χ3v) is 7.14. The van der Waals surface area contributed by atoms with Crippen LogP contribution in [-0.2, 0) is 9.84 Å². The molecule has 1 unspecified atom stereocenters. The number of nitrogens with one attached hydrogen (secondary N) is 2. The number of nitrogens with zero attached hydrogens (tertiary/aromatic N) is 1. The fourth-order valence-electron chi connectivity index (χ4n) is 4.28. The predicted octanol–water partition coefficient (Wildman–Crippen LogP) is 3.20. The third kappa shape index (κ3) is 7.61. The molecule has 25 heavy (non-hydrogen) atoms. The first-order valence-corrected chi connectivity index (χ1v) is 11.4. The van der Waals surface area contributed by atoms with Gasteiger partial charge in [-0.25, -0.2) is 8.42 Å². The summed E-state index contributed by atoms with van der Waals surface area (Å²) in [6, 6.07) is 0. The van der Waals surface area contributed by atoms with E-state index in [2.05, 4.69) is 31.4 Å². The maximum atomic E-state index is 11.6. The lowest BCUT2D eigenvalue weighted by Crippen LogP contribution is -2.41. The Bertz CT molecular complexity index is 528. The van der Waals surface area contributed by atoms with Crippen LogP contribution < -0.4 is 10.6 Å². The lowest BCUT2D eigenvalue weighted by atomic mass is 9.78. The Morgan fingerprint density at radius 2 is 1.92 bits per heavy atom. The van der Waals surface area contributed by atoms with E-state index in [1.54, 1.807) is 0 Å². The van der Waals surface area contributed by atoms with Gasteiger partial charge in [-0.15, -0.1) is 24.0 Å². The van der Waals surface area contributed by atoms with Crippen LogP contribution in [0.5, 0.6) is 0 Å². The molecule has 2 fully saturated rings. The van der Waals surface area contributed by atoms with Gasteiger partial charge in [0, 0.05) is 19.6 Å². The third-order valence-electron chi connectivity index (χ3n) is 5.31. The Kier molecular flexibility index (Phi) is 9.50. The number of rotatable bonds is 7. The molecule has 5 nitrogen and oxygen atoms in total. The first kappa shape index (κ1) is 23.0. The van der Waals surface area contributed by atoms with Gasteiger partial charge in [-0.05, 0) is 49.9 Å². The number of halogens is 1. The molecule has 0 aromatic rings. The molecule has 0 amide bonds. The molecular formula is C18H36IN3O2S. The van der Waals surface area contributed by atoms with E-state index in [4.69, 9.17) is 4.99 Å². The van der Waals surface area contributed by atoms with Gasteiger partial charge in [-0.1, -0.05) is 26.7 Å². The van der Waals surface area contributed by atoms with Crippen molar-refractivity contribution in [3.8, 4) is 0 Å². The number of guanidine groups is 1. The molecule has 1 atom stereocenters. The molecule has 0 aromatic heterocycles. The van der Waals surface area contributed by atoms with Gasteiger partial charge < -0.3 is 10.6 Å². The SMILES string of the molecule is CCNC(=NCC1(CC(C)C)CCCC1)NCC1CCS(=O)(=O)C1.I. The average Bonchev–Trinajstić information content (AvgIpc) is 3.08. The van der Waals surface area contributed by atoms with Crippen LogP contribution in [0.3, 0.4) is 0 Å². The first-order valence-electron chi connectivity index (χ1n) is 9.57. The summed E-state index contributed by atoms with van der Waals surface area (Å²) in [7, 11) is -2.80. The van der Waals surface area contributed by atoms with Gasteiger partial charge in [0.1, 0.15) is 0 Å². The van der Waals surface area contributed by atoms with E-state index in [9.17, 15) is 8.42 Å². The lowest BCUT2D eigenvalue weighted by Gasteiger charge is -2.29. The van der Waals surface area contributed by atoms with Gasteiger partial charge in [0.05, 0.1) is 11.5 Å². The minimum absolute atomic E-state index is 0. The van der Waals surface area contributed by atoms with E-state index in [1.165, 1.54) is 32.1 Å². The molecule has 2 N–H and O–H groups in total. The van der Waals surface area contributed by atoms with Gasteiger partial charge in [0.25, 0.3) is 0 Å². The summed E-state index contributed by atoms with van der Waals surface area (Å²) >= 11 is 0. The molecule has 1 aliphatic carbocycles. The Labute approximate surface area is 171 Å². The Balaban J connectivity index is 0.00000312. The summed E-state index contributed by atoms with van der Waals surface area (Å²) in [5, 5.41) is 6.68. The maximum Gasteiger partial charge on any atom is 0.191 e. The van der Waals surface area contributed by atoms with Crippen LogP contribution in [0.15, 0.2) is 4.99 Å². The molecule has 1 aliphatic heterocycles. The Hall–Kier alpha value is -0.0500. The molecule has 7 heteroatoms. The molecule has 1 saturated carbocycles. The Morgan fingerprint density at radius 3 is 2.44 bits per heavy atom. The zero-order valence-corrected chi connectivity index (χ0v) is 19.2. The molecule has 0 aromatic carbocycles. The minimum atomic E-state index is -2.80. The number of hydrogen-bond acceptors (Lipinski definition) is 3. The molecule has 0 spiro atoms. The van der Waals surface area contributed by atoms with E-state index < -0.39 is 9.84 Å². The zero-order valence-electron chi connectivity index (χ0n) is 16.0. The lowest BCUT2D eigenvalue weighted by molar-refractivity contribution is 0.245. The molecule has 0 radical (unpaired) electrons. The summed E-state index contributed by atoms with van der Waals surface area (Å²) < 4.78 is 23.2. The molecule has 148 valence electrons. The molecular weight excluding hydrogens is 449 g/mol. The van der Waals surface area contributed by atoms with Crippen LogP contribution in [0.1, 0.15) is 59.3 Å². The predicted molar refractivity (Wildman–Crippen MR) is 117 cm³/mol. The van der Waals surface area contributed by atoms with Crippen molar-refractivity contribution in [1.82, 2.24) is 10.6 Å². The van der Waals surface area contributed by atoms with Crippen molar-refractivity contribution in [1.29, 1.82) is 0 Å². The highest BCUT2D eigenvalue weighted by molar-refractivity contribution is 14.0. The zero-order chi connectivity index (χ0) is 17.6. The van der Waals surface area contributed by atoms with Crippen molar-refractivity contribution in [3.05, 3.63) is 0 Å². The normalized spacial score (nSPS) is 25.0. The molecule has 2 aliphatic rings. The molecule has 1 saturated heterocycles. The topological polar surface area (TPSA) is 70.6 Å². The fraction of sp³-hybridized carbons (Fsp3) is 0.944. The second-order valence-electron chi connectivity index (χ2n) is 8.15. The second kappa shape index (κ2) is 10.3. The van der Waals surface area contributed by atoms with Crippen molar-refractivity contribution in [3.63, 3.8) is 0 Å². The van der Waals surface area contributed by atoms with Crippen molar-refractivity contribution < 1.29 is 8.42 Å². The van der Waals surface area contributed by atoms with Crippen LogP contribution in [0.25, 0.3) is 0 Å². The van der Waals surface area contributed by atoms with E-state index in [0.717, 1.165) is 25.5 Å². The van der Waals surface area contributed by atoms with Crippen LogP contribution in [0, 0.1) is 17.3 Å². The molecule has 1 heterocycles. The highest BCUT2D eigenvalue weighted by Gasteiger charge is 2.34. The standard InChI is InChI=1S/C18H35N3O2S.HI/c1-4-19-17(20-12-16-7-10-24(22,23)13-16)21-14-18(11-15(2)3)8-5-6-9-18;/h15-16H,4-14H2,1-3H3,(H2,19,20,21);1H. The van der Waals surface area contributed by atoms with Crippen molar-refractivity contribution in [2.75, 3.05) is 31.1 Å². The average molecular weight is 485 g/mol. The van der Waals surface area contributed by atoms with Gasteiger partial charge >= 0.3 is 0 Å². The van der Waals surface area contributed by atoms with Gasteiger partial charge in [0.15, 0.2) is 15.8 Å². The summed E-state index contributed by atoms with van der Waals surface area (Å²) in [6.45, 7) is 9.07. The fourth-order valence-corrected chi connectivity index (χ4v) is 6.14. The smallest absolute Gasteiger partial charge is 0.191 e. The molecule has 0 bridgehead atoms. The van der Waals surface area contributed by atoms with Gasteiger partial charge in [-0.3, -0.25) is 4.99 Å². The highest BCUT2D eigenvalue weighted by Crippen LogP contribution is 2.43. The van der Waals surface area contributed by atoms with Crippen molar-refractivity contribution in [2.45, 2.75) is 59.3 Å².